The second kappa shape index (κ2) is 11.6. The SMILES string of the molecule is CCN(CC)C(=O)c1ccc(N(c2cccc(C(N)=O)c2F)C2CCN(Cc3nccs3)CC2)cc1. The third kappa shape index (κ3) is 5.57. The van der Waals surface area contributed by atoms with Crippen molar-refractivity contribution in [2.24, 2.45) is 5.73 Å². The lowest BCUT2D eigenvalue weighted by atomic mass is 10.00. The molecule has 190 valence electrons. The van der Waals surface area contributed by atoms with Crippen LogP contribution < -0.4 is 10.6 Å². The molecule has 0 unspecified atom stereocenters. The maximum absolute atomic E-state index is 15.5. The molecular formula is C27H32FN5O2S. The number of thiazole rings is 1. The number of nitrogens with two attached hydrogens (primary N) is 1. The van der Waals surface area contributed by atoms with Crippen molar-refractivity contribution < 1.29 is 14.0 Å². The Morgan fingerprint density at radius 2 is 1.81 bits per heavy atom. The minimum atomic E-state index is -0.798. The number of likely N-dealkylation sites (tertiary alicyclic amines) is 1. The Kier molecular flexibility index (Phi) is 8.32. The van der Waals surface area contributed by atoms with Crippen molar-refractivity contribution in [2.45, 2.75) is 39.3 Å². The van der Waals surface area contributed by atoms with Gasteiger partial charge in [0.15, 0.2) is 5.82 Å². The van der Waals surface area contributed by atoms with Crippen molar-refractivity contribution in [3.8, 4) is 0 Å². The molecule has 2 N–H and O–H groups in total. The molecule has 3 aromatic rings. The number of hydrogen-bond donors (Lipinski definition) is 1. The first kappa shape index (κ1) is 25.8. The Labute approximate surface area is 215 Å². The third-order valence-corrected chi connectivity index (χ3v) is 7.48. The highest BCUT2D eigenvalue weighted by Crippen LogP contribution is 2.35. The molecule has 1 aliphatic heterocycles. The van der Waals surface area contributed by atoms with Crippen LogP contribution in [0.4, 0.5) is 15.8 Å². The Balaban J connectivity index is 1.63. The van der Waals surface area contributed by atoms with Gasteiger partial charge in [0.25, 0.3) is 11.8 Å². The standard InChI is InChI=1S/C27H32FN5O2S/c1-3-32(4-2)27(35)19-8-10-20(11-9-19)33(23-7-5-6-22(25(23)28)26(29)34)21-12-15-31(16-13-21)18-24-30-14-17-36-24/h5-11,14,17,21H,3-4,12-13,15-16,18H2,1-2H3,(H2,29,34). The summed E-state index contributed by atoms with van der Waals surface area (Å²) in [7, 11) is 0. The van der Waals surface area contributed by atoms with Crippen molar-refractivity contribution in [1.29, 1.82) is 0 Å². The molecule has 1 saturated heterocycles. The summed E-state index contributed by atoms with van der Waals surface area (Å²) in [6.45, 7) is 7.66. The largest absolute Gasteiger partial charge is 0.366 e. The molecule has 7 nitrogen and oxygen atoms in total. The highest BCUT2D eigenvalue weighted by Gasteiger charge is 2.29. The summed E-state index contributed by atoms with van der Waals surface area (Å²) in [4.78, 5) is 35.1. The van der Waals surface area contributed by atoms with Gasteiger partial charge in [-0.15, -0.1) is 11.3 Å². The highest BCUT2D eigenvalue weighted by atomic mass is 32.1. The van der Waals surface area contributed by atoms with E-state index in [0.29, 0.717) is 24.3 Å². The number of anilines is 2. The summed E-state index contributed by atoms with van der Waals surface area (Å²) in [5.74, 6) is -1.46. The minimum Gasteiger partial charge on any atom is -0.366 e. The van der Waals surface area contributed by atoms with Crippen molar-refractivity contribution in [2.75, 3.05) is 31.1 Å². The summed E-state index contributed by atoms with van der Waals surface area (Å²) >= 11 is 1.64. The van der Waals surface area contributed by atoms with Crippen LogP contribution in [0, 0.1) is 5.82 Å². The topological polar surface area (TPSA) is 82.8 Å². The quantitative estimate of drug-likeness (QED) is 0.453. The molecule has 2 heterocycles. The van der Waals surface area contributed by atoms with Gasteiger partial charge in [0.1, 0.15) is 5.01 Å². The van der Waals surface area contributed by atoms with Crippen molar-refractivity contribution in [3.05, 3.63) is 76.0 Å². The maximum Gasteiger partial charge on any atom is 0.253 e. The Bertz CT molecular complexity index is 1170. The molecule has 2 aromatic carbocycles. The van der Waals surface area contributed by atoms with Crippen LogP contribution in [0.25, 0.3) is 0 Å². The minimum absolute atomic E-state index is 0.0134. The van der Waals surface area contributed by atoms with Gasteiger partial charge in [0.05, 0.1) is 17.8 Å². The van der Waals surface area contributed by atoms with Gasteiger partial charge in [-0.25, -0.2) is 9.37 Å². The van der Waals surface area contributed by atoms with Gasteiger partial charge in [-0.1, -0.05) is 6.07 Å². The zero-order valence-electron chi connectivity index (χ0n) is 20.7. The van der Waals surface area contributed by atoms with E-state index in [9.17, 15) is 9.59 Å². The molecule has 0 spiro atoms. The fourth-order valence-electron chi connectivity index (χ4n) is 4.76. The average molecular weight is 510 g/mol. The normalized spacial score (nSPS) is 14.5. The lowest BCUT2D eigenvalue weighted by Gasteiger charge is -2.40. The average Bonchev–Trinajstić information content (AvgIpc) is 3.40. The molecule has 4 rings (SSSR count). The van der Waals surface area contributed by atoms with Gasteiger partial charge < -0.3 is 15.5 Å². The van der Waals surface area contributed by atoms with Crippen molar-refractivity contribution in [1.82, 2.24) is 14.8 Å². The number of halogens is 1. The predicted molar refractivity (Wildman–Crippen MR) is 141 cm³/mol. The zero-order valence-corrected chi connectivity index (χ0v) is 21.5. The van der Waals surface area contributed by atoms with Crippen molar-refractivity contribution >= 4 is 34.5 Å². The maximum atomic E-state index is 15.5. The molecule has 1 aliphatic rings. The third-order valence-electron chi connectivity index (χ3n) is 6.71. The number of rotatable bonds is 9. The van der Waals surface area contributed by atoms with Crippen LogP contribution >= 0.6 is 11.3 Å². The highest BCUT2D eigenvalue weighted by molar-refractivity contribution is 7.09. The van der Waals surface area contributed by atoms with Gasteiger partial charge in [-0.2, -0.15) is 0 Å². The van der Waals surface area contributed by atoms with E-state index in [-0.39, 0.29) is 17.5 Å². The number of primary amides is 1. The first-order valence-corrected chi connectivity index (χ1v) is 13.2. The van der Waals surface area contributed by atoms with E-state index in [1.54, 1.807) is 40.5 Å². The molecule has 0 radical (unpaired) electrons. The summed E-state index contributed by atoms with van der Waals surface area (Å²) in [6, 6.07) is 12.0. The molecule has 1 fully saturated rings. The lowest BCUT2D eigenvalue weighted by Crippen LogP contribution is -2.43. The van der Waals surface area contributed by atoms with Crippen LogP contribution in [0.3, 0.4) is 0 Å². The van der Waals surface area contributed by atoms with Gasteiger partial charge in [0, 0.05) is 55.0 Å². The fraction of sp³-hybridized carbons (Fsp3) is 0.370. The fourth-order valence-corrected chi connectivity index (χ4v) is 5.42. The van der Waals surface area contributed by atoms with E-state index in [1.807, 2.05) is 42.5 Å². The molecule has 1 aromatic heterocycles. The first-order valence-electron chi connectivity index (χ1n) is 12.3. The number of piperidine rings is 1. The van der Waals surface area contributed by atoms with Crippen LogP contribution in [0.15, 0.2) is 54.0 Å². The van der Waals surface area contributed by atoms with E-state index >= 15 is 4.39 Å². The van der Waals surface area contributed by atoms with Crippen LogP contribution in [0.5, 0.6) is 0 Å². The molecule has 0 bridgehead atoms. The van der Waals surface area contributed by atoms with E-state index < -0.39 is 11.7 Å². The predicted octanol–water partition coefficient (Wildman–Crippen LogP) is 4.67. The van der Waals surface area contributed by atoms with Crippen LogP contribution in [-0.4, -0.2) is 58.8 Å². The molecule has 0 saturated carbocycles. The van der Waals surface area contributed by atoms with Crippen LogP contribution in [-0.2, 0) is 6.54 Å². The van der Waals surface area contributed by atoms with Crippen LogP contribution in [0.1, 0.15) is 52.4 Å². The number of carbonyl (C=O) groups is 2. The molecule has 0 aliphatic carbocycles. The van der Waals surface area contributed by atoms with Gasteiger partial charge in [0.2, 0.25) is 0 Å². The number of hydrogen-bond acceptors (Lipinski definition) is 6. The summed E-state index contributed by atoms with van der Waals surface area (Å²) in [5.41, 5.74) is 6.98. The van der Waals surface area contributed by atoms with Crippen molar-refractivity contribution in [3.63, 3.8) is 0 Å². The Morgan fingerprint density at radius 3 is 2.39 bits per heavy atom. The van der Waals surface area contributed by atoms with E-state index in [1.165, 1.54) is 6.07 Å². The first-order chi connectivity index (χ1) is 17.4. The Hall–Kier alpha value is -3.30. The zero-order chi connectivity index (χ0) is 25.7. The second-order valence-electron chi connectivity index (χ2n) is 8.83. The van der Waals surface area contributed by atoms with Gasteiger partial charge in [-0.05, 0) is 63.1 Å². The molecular weight excluding hydrogens is 477 g/mol. The number of benzene rings is 2. The number of carbonyl (C=O) groups excluding carboxylic acids is 2. The van der Waals surface area contributed by atoms with Gasteiger partial charge >= 0.3 is 0 Å². The smallest absolute Gasteiger partial charge is 0.253 e. The summed E-state index contributed by atoms with van der Waals surface area (Å²) in [5, 5.41) is 3.06. The monoisotopic (exact) mass is 509 g/mol. The molecule has 2 amide bonds. The lowest BCUT2D eigenvalue weighted by molar-refractivity contribution is 0.0772. The van der Waals surface area contributed by atoms with Gasteiger partial charge in [-0.3, -0.25) is 14.5 Å². The number of aromatic nitrogens is 1. The summed E-state index contributed by atoms with van der Waals surface area (Å²) < 4.78 is 15.5. The van der Waals surface area contributed by atoms with E-state index in [2.05, 4.69) is 9.88 Å². The number of amides is 2. The molecule has 0 atom stereocenters. The second-order valence-corrected chi connectivity index (χ2v) is 9.81. The van der Waals surface area contributed by atoms with Crippen LogP contribution in [0.2, 0.25) is 0 Å². The van der Waals surface area contributed by atoms with E-state index in [4.69, 9.17) is 5.73 Å². The molecule has 36 heavy (non-hydrogen) atoms. The molecule has 9 heteroatoms. The summed E-state index contributed by atoms with van der Waals surface area (Å²) in [6.07, 6.45) is 3.44. The number of nitrogens with zero attached hydrogens (tertiary/aromatic N) is 4. The Morgan fingerprint density at radius 1 is 1.11 bits per heavy atom. The van der Waals surface area contributed by atoms with E-state index in [0.717, 1.165) is 43.2 Å².